The van der Waals surface area contributed by atoms with Crippen LogP contribution in [-0.4, -0.2) is 32.1 Å². The Bertz CT molecular complexity index is 764. The Morgan fingerprint density at radius 3 is 2.42 bits per heavy atom. The molecule has 24 heavy (non-hydrogen) atoms. The van der Waals surface area contributed by atoms with Gasteiger partial charge in [0.25, 0.3) is 5.91 Å². The van der Waals surface area contributed by atoms with Gasteiger partial charge in [0.05, 0.1) is 19.8 Å². The summed E-state index contributed by atoms with van der Waals surface area (Å²) in [7, 11) is 4.85. The highest BCUT2D eigenvalue weighted by Gasteiger charge is 2.18. The zero-order valence-electron chi connectivity index (χ0n) is 14.0. The van der Waals surface area contributed by atoms with Gasteiger partial charge in [-0.2, -0.15) is 0 Å². The van der Waals surface area contributed by atoms with Gasteiger partial charge in [-0.05, 0) is 71.0 Å². The average molecular weight is 443 g/mol. The van der Waals surface area contributed by atoms with Crippen molar-refractivity contribution in [2.45, 2.75) is 13.5 Å². The number of carbonyl (C=O) groups excluding carboxylic acids is 1. The van der Waals surface area contributed by atoms with Gasteiger partial charge in [0.2, 0.25) is 0 Å². The van der Waals surface area contributed by atoms with Crippen LogP contribution >= 0.6 is 22.6 Å². The van der Waals surface area contributed by atoms with Crippen LogP contribution in [0.15, 0.2) is 30.3 Å². The molecule has 0 aliphatic carbocycles. The molecule has 2 aromatic carbocycles. The Balaban J connectivity index is 2.27. The molecular formula is C18H19FINO3. The molecule has 1 amide bonds. The monoisotopic (exact) mass is 443 g/mol. The Morgan fingerprint density at radius 2 is 1.79 bits per heavy atom. The summed E-state index contributed by atoms with van der Waals surface area (Å²) >= 11 is 2.03. The largest absolute Gasteiger partial charge is 0.493 e. The lowest BCUT2D eigenvalue weighted by Gasteiger charge is -2.20. The van der Waals surface area contributed by atoms with E-state index in [0.29, 0.717) is 23.6 Å². The quantitative estimate of drug-likeness (QED) is 0.656. The molecule has 0 fully saturated rings. The summed E-state index contributed by atoms with van der Waals surface area (Å²) in [6.07, 6.45) is 0. The summed E-state index contributed by atoms with van der Waals surface area (Å²) in [4.78, 5) is 14.2. The summed E-state index contributed by atoms with van der Waals surface area (Å²) in [5, 5.41) is 0. The lowest BCUT2D eigenvalue weighted by molar-refractivity contribution is 0.0783. The highest BCUT2D eigenvalue weighted by Crippen LogP contribution is 2.31. The smallest absolute Gasteiger partial charge is 0.255 e. The molecule has 0 saturated heterocycles. The van der Waals surface area contributed by atoms with Crippen molar-refractivity contribution in [2.75, 3.05) is 21.3 Å². The van der Waals surface area contributed by atoms with Crippen LogP contribution < -0.4 is 9.47 Å². The fourth-order valence-corrected chi connectivity index (χ4v) is 2.95. The molecule has 0 N–H and O–H groups in total. The van der Waals surface area contributed by atoms with E-state index in [9.17, 15) is 9.18 Å². The molecule has 0 aliphatic rings. The summed E-state index contributed by atoms with van der Waals surface area (Å²) in [5.41, 5.74) is 2.28. The molecule has 4 nitrogen and oxygen atoms in total. The van der Waals surface area contributed by atoms with Crippen LogP contribution in [0, 0.1) is 16.3 Å². The molecule has 0 saturated carbocycles. The van der Waals surface area contributed by atoms with Crippen LogP contribution in [0.2, 0.25) is 0 Å². The van der Waals surface area contributed by atoms with Crippen LogP contribution in [0.3, 0.4) is 0 Å². The van der Waals surface area contributed by atoms with Crippen molar-refractivity contribution in [3.63, 3.8) is 0 Å². The standard InChI is InChI=1S/C18H19FINO3/c1-11-7-16(23-3)17(24-4)8-12(11)10-21(2)18(22)14-9-13(19)5-6-15(14)20/h5-9H,10H2,1-4H3. The number of halogens is 2. The third-order valence-electron chi connectivity index (χ3n) is 3.76. The minimum Gasteiger partial charge on any atom is -0.493 e. The average Bonchev–Trinajstić information content (AvgIpc) is 2.57. The van der Waals surface area contributed by atoms with Gasteiger partial charge in [0, 0.05) is 17.2 Å². The summed E-state index contributed by atoms with van der Waals surface area (Å²) < 4.78 is 24.7. The maximum atomic E-state index is 13.4. The Morgan fingerprint density at radius 1 is 1.17 bits per heavy atom. The first-order valence-electron chi connectivity index (χ1n) is 7.29. The van der Waals surface area contributed by atoms with Gasteiger partial charge < -0.3 is 14.4 Å². The van der Waals surface area contributed by atoms with E-state index in [2.05, 4.69) is 0 Å². The number of benzene rings is 2. The van der Waals surface area contributed by atoms with Crippen molar-refractivity contribution < 1.29 is 18.7 Å². The fourth-order valence-electron chi connectivity index (χ4n) is 2.39. The number of hydrogen-bond donors (Lipinski definition) is 0. The van der Waals surface area contributed by atoms with Crippen LogP contribution in [-0.2, 0) is 6.54 Å². The Labute approximate surface area is 154 Å². The number of amides is 1. The molecule has 2 rings (SSSR count). The zero-order valence-corrected chi connectivity index (χ0v) is 16.2. The molecule has 0 heterocycles. The molecule has 0 unspecified atom stereocenters. The highest BCUT2D eigenvalue weighted by molar-refractivity contribution is 14.1. The predicted octanol–water partition coefficient (Wildman–Crippen LogP) is 4.03. The van der Waals surface area contributed by atoms with E-state index in [1.807, 2.05) is 41.6 Å². The number of carbonyl (C=O) groups is 1. The van der Waals surface area contributed by atoms with Gasteiger partial charge in [0.15, 0.2) is 11.5 Å². The first-order valence-corrected chi connectivity index (χ1v) is 8.37. The molecule has 0 aliphatic heterocycles. The van der Waals surface area contributed by atoms with Crippen LogP contribution in [0.5, 0.6) is 11.5 Å². The number of methoxy groups -OCH3 is 2. The van der Waals surface area contributed by atoms with Crippen LogP contribution in [0.4, 0.5) is 4.39 Å². The van der Waals surface area contributed by atoms with E-state index in [0.717, 1.165) is 14.7 Å². The second kappa shape index (κ2) is 7.83. The number of nitrogens with zero attached hydrogens (tertiary/aromatic N) is 1. The summed E-state index contributed by atoms with van der Waals surface area (Å²) in [6.45, 7) is 2.33. The Hall–Kier alpha value is -1.83. The van der Waals surface area contributed by atoms with Crippen molar-refractivity contribution in [3.8, 4) is 11.5 Å². The number of rotatable bonds is 5. The van der Waals surface area contributed by atoms with Gasteiger partial charge in [-0.25, -0.2) is 4.39 Å². The first kappa shape index (κ1) is 18.5. The second-order valence-electron chi connectivity index (χ2n) is 5.42. The molecular weight excluding hydrogens is 424 g/mol. The van der Waals surface area contributed by atoms with Gasteiger partial charge in [-0.3, -0.25) is 4.79 Å². The topological polar surface area (TPSA) is 38.8 Å². The van der Waals surface area contributed by atoms with Crippen molar-refractivity contribution in [2.24, 2.45) is 0 Å². The molecule has 0 radical (unpaired) electrons. The van der Waals surface area contributed by atoms with E-state index >= 15 is 0 Å². The maximum absolute atomic E-state index is 13.4. The molecule has 0 atom stereocenters. The Kier molecular flexibility index (Phi) is 6.04. The zero-order chi connectivity index (χ0) is 17.9. The molecule has 2 aromatic rings. The maximum Gasteiger partial charge on any atom is 0.255 e. The van der Waals surface area contributed by atoms with Gasteiger partial charge in [-0.1, -0.05) is 0 Å². The molecule has 6 heteroatoms. The van der Waals surface area contributed by atoms with E-state index in [-0.39, 0.29) is 5.91 Å². The SMILES string of the molecule is COc1cc(C)c(CN(C)C(=O)c2cc(F)ccc2I)cc1OC. The lowest BCUT2D eigenvalue weighted by atomic mass is 10.1. The molecule has 0 aromatic heterocycles. The predicted molar refractivity (Wildman–Crippen MR) is 99.2 cm³/mol. The number of ether oxygens (including phenoxy) is 2. The fraction of sp³-hybridized carbons (Fsp3) is 0.278. The van der Waals surface area contributed by atoms with Crippen molar-refractivity contribution in [3.05, 3.63) is 56.4 Å². The minimum atomic E-state index is -0.422. The van der Waals surface area contributed by atoms with Crippen molar-refractivity contribution in [1.82, 2.24) is 4.90 Å². The van der Waals surface area contributed by atoms with Gasteiger partial charge in [-0.15, -0.1) is 0 Å². The lowest BCUT2D eigenvalue weighted by Crippen LogP contribution is -2.27. The number of hydrogen-bond acceptors (Lipinski definition) is 3. The molecule has 0 spiro atoms. The third-order valence-corrected chi connectivity index (χ3v) is 4.70. The van der Waals surface area contributed by atoms with Gasteiger partial charge >= 0.3 is 0 Å². The second-order valence-corrected chi connectivity index (χ2v) is 6.58. The highest BCUT2D eigenvalue weighted by atomic mass is 127. The number of aryl methyl sites for hydroxylation is 1. The summed E-state index contributed by atoms with van der Waals surface area (Å²) in [5.74, 6) is 0.606. The van der Waals surface area contributed by atoms with Crippen molar-refractivity contribution in [1.29, 1.82) is 0 Å². The molecule has 128 valence electrons. The van der Waals surface area contributed by atoms with E-state index in [1.165, 1.54) is 12.1 Å². The normalized spacial score (nSPS) is 10.4. The van der Waals surface area contributed by atoms with Crippen LogP contribution in [0.25, 0.3) is 0 Å². The molecule has 0 bridgehead atoms. The van der Waals surface area contributed by atoms with Gasteiger partial charge in [0.1, 0.15) is 5.82 Å². The van der Waals surface area contributed by atoms with E-state index in [4.69, 9.17) is 9.47 Å². The van der Waals surface area contributed by atoms with Crippen LogP contribution in [0.1, 0.15) is 21.5 Å². The third kappa shape index (κ3) is 3.98. The van der Waals surface area contributed by atoms with Crippen molar-refractivity contribution >= 4 is 28.5 Å². The summed E-state index contributed by atoms with van der Waals surface area (Å²) in [6, 6.07) is 7.94. The first-order chi connectivity index (χ1) is 11.4. The van der Waals surface area contributed by atoms with E-state index < -0.39 is 5.82 Å². The van der Waals surface area contributed by atoms with E-state index in [1.54, 1.807) is 32.2 Å². The minimum absolute atomic E-state index is 0.229.